The van der Waals surface area contributed by atoms with Crippen LogP contribution in [0.3, 0.4) is 0 Å². The van der Waals surface area contributed by atoms with E-state index in [4.69, 9.17) is 15.2 Å². The van der Waals surface area contributed by atoms with Crippen LogP contribution in [-0.2, 0) is 40.4 Å². The van der Waals surface area contributed by atoms with E-state index in [9.17, 15) is 14.4 Å². The minimum Gasteiger partial charge on any atom is -0.485 e. The number of carbonyl (C=O) groups excluding carboxylic acids is 3. The van der Waals surface area contributed by atoms with E-state index in [1.54, 1.807) is 12.1 Å². The molecule has 0 fully saturated rings. The fraction of sp³-hybridized carbons (Fsp3) is 0.206. The molecule has 0 bridgehead atoms. The van der Waals surface area contributed by atoms with Crippen LogP contribution in [0, 0.1) is 0 Å². The number of benzene rings is 4. The Kier molecular flexibility index (Phi) is 10.7. The monoisotopic (exact) mass is 565 g/mol. The standard InChI is InChI=1S/C34H35N3O5/c1-24(38)36-30(19-25-11-5-2-6-12-25)34(40)37-29(33(35)39)20-28-17-18-31(41-22-26-13-7-3-8-14-26)32(21-28)42-23-27-15-9-4-10-16-27/h2-18,21,29-30H,19-20,22-23H2,1H3,(H2,35,39)(H,36,38)(H,37,40)/t29-,30-/m0/s1. The van der Waals surface area contributed by atoms with Gasteiger partial charge in [-0.05, 0) is 34.4 Å². The number of rotatable bonds is 14. The van der Waals surface area contributed by atoms with Crippen molar-refractivity contribution in [2.75, 3.05) is 0 Å². The van der Waals surface area contributed by atoms with Gasteiger partial charge >= 0.3 is 0 Å². The molecule has 0 spiro atoms. The van der Waals surface area contributed by atoms with Gasteiger partial charge in [-0.25, -0.2) is 0 Å². The average Bonchev–Trinajstić information content (AvgIpc) is 3.00. The highest BCUT2D eigenvalue weighted by atomic mass is 16.5. The van der Waals surface area contributed by atoms with E-state index in [2.05, 4.69) is 10.6 Å². The predicted molar refractivity (Wildman–Crippen MR) is 161 cm³/mol. The van der Waals surface area contributed by atoms with E-state index in [1.807, 2.05) is 97.1 Å². The SMILES string of the molecule is CC(=O)N[C@@H](Cc1ccccc1)C(=O)N[C@@H](Cc1ccc(OCc2ccccc2)c(OCc2ccccc2)c1)C(N)=O. The van der Waals surface area contributed by atoms with Crippen LogP contribution in [0.4, 0.5) is 0 Å². The molecule has 0 aliphatic heterocycles. The first kappa shape index (κ1) is 29.9. The molecule has 4 rings (SSSR count). The maximum Gasteiger partial charge on any atom is 0.243 e. The van der Waals surface area contributed by atoms with Gasteiger partial charge in [0, 0.05) is 19.8 Å². The molecule has 4 aromatic carbocycles. The molecule has 8 nitrogen and oxygen atoms in total. The number of hydrogen-bond donors (Lipinski definition) is 3. The van der Waals surface area contributed by atoms with Crippen LogP contribution in [0.5, 0.6) is 11.5 Å². The zero-order valence-electron chi connectivity index (χ0n) is 23.5. The lowest BCUT2D eigenvalue weighted by Crippen LogP contribution is -2.54. The van der Waals surface area contributed by atoms with Crippen molar-refractivity contribution in [2.45, 2.75) is 45.1 Å². The van der Waals surface area contributed by atoms with Crippen molar-refractivity contribution in [1.29, 1.82) is 0 Å². The maximum atomic E-state index is 13.2. The van der Waals surface area contributed by atoms with Crippen LogP contribution in [0.25, 0.3) is 0 Å². The molecule has 0 heterocycles. The lowest BCUT2D eigenvalue weighted by Gasteiger charge is -2.22. The smallest absolute Gasteiger partial charge is 0.243 e. The van der Waals surface area contributed by atoms with Gasteiger partial charge < -0.3 is 25.8 Å². The molecule has 42 heavy (non-hydrogen) atoms. The number of carbonyl (C=O) groups is 3. The highest BCUT2D eigenvalue weighted by Gasteiger charge is 2.26. The summed E-state index contributed by atoms with van der Waals surface area (Å²) in [5.41, 5.74) is 9.29. The van der Waals surface area contributed by atoms with Crippen molar-refractivity contribution in [3.8, 4) is 11.5 Å². The second kappa shape index (κ2) is 15.0. The van der Waals surface area contributed by atoms with Crippen molar-refractivity contribution in [2.24, 2.45) is 5.73 Å². The lowest BCUT2D eigenvalue weighted by molar-refractivity contribution is -0.130. The molecule has 3 amide bonds. The van der Waals surface area contributed by atoms with E-state index in [0.29, 0.717) is 30.3 Å². The van der Waals surface area contributed by atoms with Crippen LogP contribution in [0.1, 0.15) is 29.2 Å². The molecular weight excluding hydrogens is 530 g/mol. The summed E-state index contributed by atoms with van der Waals surface area (Å²) in [6.45, 7) is 2.02. The fourth-order valence-electron chi connectivity index (χ4n) is 4.42. The van der Waals surface area contributed by atoms with Crippen LogP contribution >= 0.6 is 0 Å². The summed E-state index contributed by atoms with van der Waals surface area (Å²) < 4.78 is 12.2. The molecule has 0 aromatic heterocycles. The number of primary amides is 1. The predicted octanol–water partition coefficient (Wildman–Crippen LogP) is 4.10. The molecule has 2 atom stereocenters. The summed E-state index contributed by atoms with van der Waals surface area (Å²) in [7, 11) is 0. The second-order valence-electron chi connectivity index (χ2n) is 9.94. The number of nitrogens with two attached hydrogens (primary N) is 1. The lowest BCUT2D eigenvalue weighted by atomic mass is 10.0. The molecule has 0 saturated carbocycles. The van der Waals surface area contributed by atoms with Crippen molar-refractivity contribution < 1.29 is 23.9 Å². The van der Waals surface area contributed by atoms with Crippen molar-refractivity contribution in [3.63, 3.8) is 0 Å². The van der Waals surface area contributed by atoms with Gasteiger partial charge in [-0.15, -0.1) is 0 Å². The first-order chi connectivity index (χ1) is 20.4. The van der Waals surface area contributed by atoms with Gasteiger partial charge in [0.2, 0.25) is 17.7 Å². The molecule has 4 aromatic rings. The fourth-order valence-corrected chi connectivity index (χ4v) is 4.42. The first-order valence-corrected chi connectivity index (χ1v) is 13.7. The van der Waals surface area contributed by atoms with E-state index in [0.717, 1.165) is 16.7 Å². The summed E-state index contributed by atoms with van der Waals surface area (Å²) in [6.07, 6.45) is 0.391. The van der Waals surface area contributed by atoms with Gasteiger partial charge in [0.1, 0.15) is 25.3 Å². The van der Waals surface area contributed by atoms with E-state index < -0.39 is 23.9 Å². The Morgan fingerprint density at radius 3 is 1.64 bits per heavy atom. The Hall–Kier alpha value is -5.11. The minimum atomic E-state index is -1.01. The highest BCUT2D eigenvalue weighted by Crippen LogP contribution is 2.30. The van der Waals surface area contributed by atoms with Gasteiger partial charge in [-0.3, -0.25) is 14.4 Å². The molecule has 4 N–H and O–H groups in total. The van der Waals surface area contributed by atoms with Crippen LogP contribution < -0.4 is 25.8 Å². The van der Waals surface area contributed by atoms with Crippen molar-refractivity contribution >= 4 is 17.7 Å². The highest BCUT2D eigenvalue weighted by molar-refractivity contribution is 5.91. The van der Waals surface area contributed by atoms with Crippen LogP contribution in [0.2, 0.25) is 0 Å². The van der Waals surface area contributed by atoms with E-state index in [-0.39, 0.29) is 18.7 Å². The number of nitrogens with one attached hydrogen (secondary N) is 2. The van der Waals surface area contributed by atoms with Gasteiger partial charge in [0.25, 0.3) is 0 Å². The average molecular weight is 566 g/mol. The Balaban J connectivity index is 1.50. The van der Waals surface area contributed by atoms with Crippen molar-refractivity contribution in [3.05, 3.63) is 131 Å². The minimum absolute atomic E-state index is 0.125. The molecule has 8 heteroatoms. The number of ether oxygens (including phenoxy) is 2. The topological polar surface area (TPSA) is 120 Å². The van der Waals surface area contributed by atoms with E-state index in [1.165, 1.54) is 6.92 Å². The normalized spacial score (nSPS) is 12.0. The molecule has 216 valence electrons. The van der Waals surface area contributed by atoms with Gasteiger partial charge in [-0.1, -0.05) is 97.1 Å². The Bertz CT molecular complexity index is 1460. The second-order valence-corrected chi connectivity index (χ2v) is 9.94. The van der Waals surface area contributed by atoms with E-state index >= 15 is 0 Å². The third kappa shape index (κ3) is 9.23. The zero-order valence-corrected chi connectivity index (χ0v) is 23.5. The molecule has 0 radical (unpaired) electrons. The number of amides is 3. The molecule has 0 aliphatic carbocycles. The van der Waals surface area contributed by atoms with Crippen LogP contribution in [0.15, 0.2) is 109 Å². The van der Waals surface area contributed by atoms with Gasteiger partial charge in [-0.2, -0.15) is 0 Å². The third-order valence-corrected chi connectivity index (χ3v) is 6.56. The Labute approximate surface area is 245 Å². The summed E-state index contributed by atoms with van der Waals surface area (Å²) in [5, 5.41) is 5.40. The van der Waals surface area contributed by atoms with Crippen LogP contribution in [-0.4, -0.2) is 29.8 Å². The maximum absolute atomic E-state index is 13.2. The summed E-state index contributed by atoms with van der Waals surface area (Å²) in [4.78, 5) is 37.5. The number of hydrogen-bond acceptors (Lipinski definition) is 5. The quantitative estimate of drug-likeness (QED) is 0.213. The molecule has 0 aliphatic rings. The van der Waals surface area contributed by atoms with Gasteiger partial charge in [0.15, 0.2) is 11.5 Å². The summed E-state index contributed by atoms with van der Waals surface area (Å²) in [5.74, 6) is -0.496. The third-order valence-electron chi connectivity index (χ3n) is 6.56. The Morgan fingerprint density at radius 2 is 1.12 bits per heavy atom. The van der Waals surface area contributed by atoms with Gasteiger partial charge in [0.05, 0.1) is 0 Å². The molecular formula is C34H35N3O5. The van der Waals surface area contributed by atoms with Crippen molar-refractivity contribution in [1.82, 2.24) is 10.6 Å². The molecule has 0 saturated heterocycles. The Morgan fingerprint density at radius 1 is 0.619 bits per heavy atom. The zero-order chi connectivity index (χ0) is 29.7. The summed E-state index contributed by atoms with van der Waals surface area (Å²) >= 11 is 0. The largest absolute Gasteiger partial charge is 0.485 e. The summed E-state index contributed by atoms with van der Waals surface area (Å²) in [6, 6.07) is 32.4. The first-order valence-electron chi connectivity index (χ1n) is 13.7. The molecule has 0 unspecified atom stereocenters.